The third kappa shape index (κ3) is 5.74. The van der Waals surface area contributed by atoms with E-state index in [2.05, 4.69) is 6.92 Å². The Hall–Kier alpha value is -1.55. The number of alkyl halides is 3. The first-order chi connectivity index (χ1) is 11.9. The first-order valence-corrected chi connectivity index (χ1v) is 9.27. The zero-order valence-corrected chi connectivity index (χ0v) is 14.9. The van der Waals surface area contributed by atoms with Crippen molar-refractivity contribution in [2.45, 2.75) is 70.5 Å². The summed E-state index contributed by atoms with van der Waals surface area (Å²) >= 11 is 0. The van der Waals surface area contributed by atoms with Crippen molar-refractivity contribution in [3.8, 4) is 0 Å². The average Bonchev–Trinajstić information content (AvgIpc) is 2.58. The van der Waals surface area contributed by atoms with E-state index in [9.17, 15) is 13.2 Å². The summed E-state index contributed by atoms with van der Waals surface area (Å²) in [5.41, 5.74) is 6.72. The molecule has 0 bridgehead atoms. The predicted molar refractivity (Wildman–Crippen MR) is 98.6 cm³/mol. The number of nitrogens with two attached hydrogens (primary N) is 1. The van der Waals surface area contributed by atoms with Crippen LogP contribution < -0.4 is 5.73 Å². The van der Waals surface area contributed by atoms with Crippen LogP contribution in [-0.2, 0) is 6.42 Å². The van der Waals surface area contributed by atoms with Crippen LogP contribution in [0, 0.1) is 0 Å². The minimum atomic E-state index is -4.43. The molecule has 2 rings (SSSR count). The molecule has 2 aromatic carbocycles. The highest BCUT2D eigenvalue weighted by Crippen LogP contribution is 2.34. The number of rotatable bonds is 9. The fraction of sp³-hybridized carbons (Fsp3) is 0.524. The molecule has 0 aromatic heterocycles. The molecule has 0 aliphatic rings. The maximum absolute atomic E-state index is 12.9. The lowest BCUT2D eigenvalue weighted by molar-refractivity contribution is -0.148. The second-order valence-electron chi connectivity index (χ2n) is 6.79. The molecular formula is C21H28F3N. The lowest BCUT2D eigenvalue weighted by atomic mass is 9.96. The Morgan fingerprint density at radius 2 is 1.60 bits per heavy atom. The number of benzene rings is 2. The van der Waals surface area contributed by atoms with Gasteiger partial charge in [-0.1, -0.05) is 81.8 Å². The van der Waals surface area contributed by atoms with E-state index in [1.807, 2.05) is 18.2 Å². The zero-order chi connectivity index (χ0) is 18.3. The molecule has 0 aliphatic heterocycles. The summed E-state index contributed by atoms with van der Waals surface area (Å²) < 4.78 is 38.8. The van der Waals surface area contributed by atoms with Gasteiger partial charge in [-0.2, -0.15) is 13.2 Å². The largest absolute Gasteiger partial charge is 0.407 e. The molecule has 1 atom stereocenters. The Bertz CT molecular complexity index is 664. The van der Waals surface area contributed by atoms with E-state index < -0.39 is 12.2 Å². The molecule has 0 saturated heterocycles. The van der Waals surface area contributed by atoms with Crippen molar-refractivity contribution in [1.29, 1.82) is 0 Å². The van der Waals surface area contributed by atoms with Crippen LogP contribution in [0.3, 0.4) is 0 Å². The Morgan fingerprint density at radius 1 is 0.920 bits per heavy atom. The maximum Gasteiger partial charge on any atom is 0.407 e. The summed E-state index contributed by atoms with van der Waals surface area (Å²) in [6.45, 7) is 2.22. The molecule has 4 heteroatoms. The second kappa shape index (κ2) is 9.23. The fourth-order valence-corrected chi connectivity index (χ4v) is 3.25. The van der Waals surface area contributed by atoms with Gasteiger partial charge in [0.1, 0.15) is 6.04 Å². The highest BCUT2D eigenvalue weighted by atomic mass is 19.4. The van der Waals surface area contributed by atoms with Crippen molar-refractivity contribution in [2.24, 2.45) is 5.73 Å². The van der Waals surface area contributed by atoms with E-state index in [0.29, 0.717) is 5.39 Å². The number of aryl methyl sites for hydroxylation is 1. The van der Waals surface area contributed by atoms with Crippen LogP contribution in [0.5, 0.6) is 0 Å². The molecule has 25 heavy (non-hydrogen) atoms. The number of fused-ring (bicyclic) bond motifs is 1. The molecule has 1 nitrogen and oxygen atoms in total. The van der Waals surface area contributed by atoms with Crippen LogP contribution in [0.1, 0.15) is 69.0 Å². The van der Waals surface area contributed by atoms with Crippen molar-refractivity contribution in [3.63, 3.8) is 0 Å². The molecule has 2 aromatic rings. The van der Waals surface area contributed by atoms with Crippen LogP contribution >= 0.6 is 0 Å². The SMILES string of the molecule is CCCCCCCCCc1ccc2c([C@H](N)C(F)(F)F)cccc2c1. The van der Waals surface area contributed by atoms with Gasteiger partial charge in [-0.25, -0.2) is 0 Å². The molecule has 0 unspecified atom stereocenters. The van der Waals surface area contributed by atoms with Crippen molar-refractivity contribution in [1.82, 2.24) is 0 Å². The second-order valence-corrected chi connectivity index (χ2v) is 6.79. The van der Waals surface area contributed by atoms with Crippen LogP contribution in [-0.4, -0.2) is 6.18 Å². The smallest absolute Gasteiger partial charge is 0.316 e. The van der Waals surface area contributed by atoms with Gasteiger partial charge in [0.25, 0.3) is 0 Å². The van der Waals surface area contributed by atoms with E-state index in [-0.39, 0.29) is 5.56 Å². The van der Waals surface area contributed by atoms with Crippen LogP contribution in [0.25, 0.3) is 10.8 Å². The summed E-state index contributed by atoms with van der Waals surface area (Å²) in [7, 11) is 0. The quantitative estimate of drug-likeness (QED) is 0.500. The monoisotopic (exact) mass is 351 g/mol. The minimum Gasteiger partial charge on any atom is -0.316 e. The Kier molecular flexibility index (Phi) is 7.30. The first-order valence-electron chi connectivity index (χ1n) is 9.27. The molecule has 0 amide bonds. The molecule has 2 N–H and O–H groups in total. The van der Waals surface area contributed by atoms with Gasteiger partial charge in [-0.05, 0) is 34.7 Å². The number of hydrogen-bond acceptors (Lipinski definition) is 1. The molecule has 0 spiro atoms. The third-order valence-electron chi connectivity index (χ3n) is 4.74. The van der Waals surface area contributed by atoms with Gasteiger partial charge in [0.2, 0.25) is 0 Å². The molecule has 0 radical (unpaired) electrons. The molecule has 0 aliphatic carbocycles. The lowest BCUT2D eigenvalue weighted by Gasteiger charge is -2.18. The van der Waals surface area contributed by atoms with E-state index >= 15 is 0 Å². The van der Waals surface area contributed by atoms with Gasteiger partial charge in [0, 0.05) is 0 Å². The van der Waals surface area contributed by atoms with E-state index in [1.165, 1.54) is 50.2 Å². The highest BCUT2D eigenvalue weighted by molar-refractivity contribution is 5.86. The van der Waals surface area contributed by atoms with E-state index in [0.717, 1.165) is 18.2 Å². The average molecular weight is 351 g/mol. The normalized spacial score (nSPS) is 13.3. The number of hydrogen-bond donors (Lipinski definition) is 1. The van der Waals surface area contributed by atoms with Gasteiger partial charge >= 0.3 is 6.18 Å². The molecule has 0 saturated carbocycles. The van der Waals surface area contributed by atoms with Gasteiger partial charge in [-0.15, -0.1) is 0 Å². The van der Waals surface area contributed by atoms with Gasteiger partial charge < -0.3 is 5.73 Å². The molecule has 0 heterocycles. The third-order valence-corrected chi connectivity index (χ3v) is 4.74. The van der Waals surface area contributed by atoms with Crippen molar-refractivity contribution in [3.05, 3.63) is 47.5 Å². The topological polar surface area (TPSA) is 26.0 Å². The molecular weight excluding hydrogens is 323 g/mol. The fourth-order valence-electron chi connectivity index (χ4n) is 3.25. The van der Waals surface area contributed by atoms with Gasteiger partial charge in [0.05, 0.1) is 0 Å². The number of halogens is 3. The zero-order valence-electron chi connectivity index (χ0n) is 14.9. The summed E-state index contributed by atoms with van der Waals surface area (Å²) in [6.07, 6.45) is 5.32. The number of unbranched alkanes of at least 4 members (excludes halogenated alkanes) is 6. The van der Waals surface area contributed by atoms with Crippen molar-refractivity contribution < 1.29 is 13.2 Å². The summed E-state index contributed by atoms with van der Waals surface area (Å²) in [4.78, 5) is 0. The van der Waals surface area contributed by atoms with E-state index in [4.69, 9.17) is 5.73 Å². The highest BCUT2D eigenvalue weighted by Gasteiger charge is 2.38. The lowest BCUT2D eigenvalue weighted by Crippen LogP contribution is -2.28. The Balaban J connectivity index is 1.98. The Labute approximate surface area is 148 Å². The van der Waals surface area contributed by atoms with Gasteiger partial charge in [0.15, 0.2) is 0 Å². The molecule has 138 valence electrons. The van der Waals surface area contributed by atoms with Gasteiger partial charge in [-0.3, -0.25) is 0 Å². The predicted octanol–water partition coefficient (Wildman–Crippen LogP) is 6.70. The Morgan fingerprint density at radius 3 is 2.28 bits per heavy atom. The maximum atomic E-state index is 12.9. The van der Waals surface area contributed by atoms with Crippen molar-refractivity contribution in [2.75, 3.05) is 0 Å². The summed E-state index contributed by atoms with van der Waals surface area (Å²) in [5, 5.41) is 1.42. The van der Waals surface area contributed by atoms with E-state index in [1.54, 1.807) is 12.1 Å². The van der Waals surface area contributed by atoms with Crippen LogP contribution in [0.2, 0.25) is 0 Å². The summed E-state index contributed by atoms with van der Waals surface area (Å²) in [6, 6.07) is 8.76. The van der Waals surface area contributed by atoms with Crippen LogP contribution in [0.4, 0.5) is 13.2 Å². The van der Waals surface area contributed by atoms with Crippen molar-refractivity contribution >= 4 is 10.8 Å². The van der Waals surface area contributed by atoms with Crippen LogP contribution in [0.15, 0.2) is 36.4 Å². The summed E-state index contributed by atoms with van der Waals surface area (Å²) in [5.74, 6) is 0. The molecule has 0 fully saturated rings. The first kappa shape index (κ1) is 19.8. The minimum absolute atomic E-state index is 0.146. The standard InChI is InChI=1S/C21H28F3N/c1-2-3-4-5-6-7-8-10-16-13-14-18-17(15-16)11-9-12-19(18)20(25)21(22,23)24/h9,11-15,20H,2-8,10,25H2,1H3/t20-/m0/s1.